The number of rotatable bonds is 6. The molecule has 0 radical (unpaired) electrons. The minimum atomic E-state index is 0.109. The summed E-state index contributed by atoms with van der Waals surface area (Å²) >= 11 is 6.18. The lowest BCUT2D eigenvalue weighted by atomic mass is 9.81. The van der Waals surface area contributed by atoms with E-state index >= 15 is 0 Å². The van der Waals surface area contributed by atoms with Gasteiger partial charge in [0.2, 0.25) is 0 Å². The second kappa shape index (κ2) is 6.44. The largest absolute Gasteiger partial charge is 0.495 e. The van der Waals surface area contributed by atoms with Crippen molar-refractivity contribution in [2.75, 3.05) is 13.7 Å². The van der Waals surface area contributed by atoms with Crippen LogP contribution in [-0.2, 0) is 5.41 Å². The van der Waals surface area contributed by atoms with E-state index in [0.29, 0.717) is 11.1 Å². The van der Waals surface area contributed by atoms with Crippen LogP contribution in [0.2, 0.25) is 5.02 Å². The molecule has 0 aliphatic carbocycles. The summed E-state index contributed by atoms with van der Waals surface area (Å²) in [6.45, 7) is 9.82. The normalized spacial score (nSPS) is 11.9. The van der Waals surface area contributed by atoms with Crippen LogP contribution in [0.15, 0.2) is 18.2 Å². The highest BCUT2D eigenvalue weighted by Gasteiger charge is 2.21. The van der Waals surface area contributed by atoms with Crippen molar-refractivity contribution in [1.82, 2.24) is 5.32 Å². The Bertz CT molecular complexity index is 388. The van der Waals surface area contributed by atoms with Gasteiger partial charge in [0.05, 0.1) is 12.1 Å². The van der Waals surface area contributed by atoms with E-state index < -0.39 is 0 Å². The summed E-state index contributed by atoms with van der Waals surface area (Å²) in [4.78, 5) is 0. The summed E-state index contributed by atoms with van der Waals surface area (Å²) in [5.41, 5.74) is 1.36. The highest BCUT2D eigenvalue weighted by Crippen LogP contribution is 2.32. The first kappa shape index (κ1) is 15.3. The van der Waals surface area contributed by atoms with E-state index in [9.17, 15) is 0 Å². The fourth-order valence-corrected chi connectivity index (χ4v) is 2.16. The standard InChI is InChI=1S/C15H24ClNO/c1-11(2)17-9-8-15(3,4)12-6-7-14(18-5)13(16)10-12/h6-7,10-11,17H,8-9H2,1-5H3. The van der Waals surface area contributed by atoms with Crippen molar-refractivity contribution in [3.8, 4) is 5.75 Å². The highest BCUT2D eigenvalue weighted by atomic mass is 35.5. The molecule has 0 fully saturated rings. The molecule has 0 atom stereocenters. The number of hydrogen-bond donors (Lipinski definition) is 1. The van der Waals surface area contributed by atoms with Gasteiger partial charge in [0.25, 0.3) is 0 Å². The summed E-state index contributed by atoms with van der Waals surface area (Å²) in [5, 5.41) is 4.13. The molecule has 0 aliphatic rings. The molecule has 0 unspecified atom stereocenters. The molecule has 3 heteroatoms. The Morgan fingerprint density at radius 3 is 2.50 bits per heavy atom. The zero-order chi connectivity index (χ0) is 13.8. The van der Waals surface area contributed by atoms with Gasteiger partial charge in [-0.15, -0.1) is 0 Å². The smallest absolute Gasteiger partial charge is 0.137 e. The molecule has 102 valence electrons. The quantitative estimate of drug-likeness (QED) is 0.842. The Morgan fingerprint density at radius 2 is 2.00 bits per heavy atom. The van der Waals surface area contributed by atoms with Crippen LogP contribution < -0.4 is 10.1 Å². The van der Waals surface area contributed by atoms with Crippen molar-refractivity contribution in [3.05, 3.63) is 28.8 Å². The average molecular weight is 270 g/mol. The molecule has 0 amide bonds. The molecule has 0 spiro atoms. The lowest BCUT2D eigenvalue weighted by molar-refractivity contribution is 0.412. The summed E-state index contributed by atoms with van der Waals surface area (Å²) in [6, 6.07) is 6.57. The molecular formula is C15H24ClNO. The molecule has 0 aromatic heterocycles. The molecule has 18 heavy (non-hydrogen) atoms. The van der Waals surface area contributed by atoms with Gasteiger partial charge in [-0.05, 0) is 36.1 Å². The van der Waals surface area contributed by atoms with E-state index in [1.165, 1.54) is 5.56 Å². The van der Waals surface area contributed by atoms with Crippen LogP contribution in [0, 0.1) is 0 Å². The number of benzene rings is 1. The van der Waals surface area contributed by atoms with Gasteiger partial charge in [0.15, 0.2) is 0 Å². The third kappa shape index (κ3) is 4.18. The minimum absolute atomic E-state index is 0.109. The number of halogens is 1. The molecule has 2 nitrogen and oxygen atoms in total. The first-order valence-electron chi connectivity index (χ1n) is 6.44. The third-order valence-corrected chi connectivity index (χ3v) is 3.53. The van der Waals surface area contributed by atoms with Crippen LogP contribution in [0.25, 0.3) is 0 Å². The zero-order valence-corrected chi connectivity index (χ0v) is 12.8. The van der Waals surface area contributed by atoms with E-state index in [4.69, 9.17) is 16.3 Å². The second-order valence-electron chi connectivity index (χ2n) is 5.59. The summed E-state index contributed by atoms with van der Waals surface area (Å²) in [7, 11) is 1.64. The molecule has 1 rings (SSSR count). The molecular weight excluding hydrogens is 246 g/mol. The van der Waals surface area contributed by atoms with Crippen molar-refractivity contribution in [2.24, 2.45) is 0 Å². The van der Waals surface area contributed by atoms with Crippen molar-refractivity contribution in [2.45, 2.75) is 45.6 Å². The maximum Gasteiger partial charge on any atom is 0.137 e. The fraction of sp³-hybridized carbons (Fsp3) is 0.600. The number of hydrogen-bond acceptors (Lipinski definition) is 2. The van der Waals surface area contributed by atoms with Crippen molar-refractivity contribution in [3.63, 3.8) is 0 Å². The third-order valence-electron chi connectivity index (χ3n) is 3.24. The molecule has 0 aliphatic heterocycles. The van der Waals surface area contributed by atoms with Crippen molar-refractivity contribution < 1.29 is 4.74 Å². The van der Waals surface area contributed by atoms with Gasteiger partial charge in [-0.3, -0.25) is 0 Å². The van der Waals surface area contributed by atoms with E-state index in [0.717, 1.165) is 18.7 Å². The molecule has 0 saturated heterocycles. The first-order valence-corrected chi connectivity index (χ1v) is 6.82. The van der Waals surface area contributed by atoms with Gasteiger partial charge >= 0.3 is 0 Å². The molecule has 0 bridgehead atoms. The predicted octanol–water partition coefficient (Wildman–Crippen LogP) is 4.01. The number of methoxy groups -OCH3 is 1. The van der Waals surface area contributed by atoms with Crippen LogP contribution in [0.4, 0.5) is 0 Å². The van der Waals surface area contributed by atoms with Crippen molar-refractivity contribution in [1.29, 1.82) is 0 Å². The van der Waals surface area contributed by atoms with Gasteiger partial charge in [0, 0.05) is 6.04 Å². The SMILES string of the molecule is COc1ccc(C(C)(C)CCNC(C)C)cc1Cl. The zero-order valence-electron chi connectivity index (χ0n) is 12.0. The van der Waals surface area contributed by atoms with Crippen LogP contribution in [-0.4, -0.2) is 19.7 Å². The number of ether oxygens (including phenoxy) is 1. The molecule has 1 aromatic carbocycles. The Kier molecular flexibility index (Phi) is 5.48. The van der Waals surface area contributed by atoms with E-state index in [1.807, 2.05) is 12.1 Å². The van der Waals surface area contributed by atoms with Gasteiger partial charge < -0.3 is 10.1 Å². The average Bonchev–Trinajstić information content (AvgIpc) is 2.28. The first-order chi connectivity index (χ1) is 8.36. The van der Waals surface area contributed by atoms with Crippen LogP contribution >= 0.6 is 11.6 Å². The van der Waals surface area contributed by atoms with Crippen LogP contribution in [0.1, 0.15) is 39.7 Å². The van der Waals surface area contributed by atoms with Gasteiger partial charge in [-0.2, -0.15) is 0 Å². The highest BCUT2D eigenvalue weighted by molar-refractivity contribution is 6.32. The van der Waals surface area contributed by atoms with E-state index in [2.05, 4.69) is 39.1 Å². The predicted molar refractivity (Wildman–Crippen MR) is 78.8 cm³/mol. The summed E-state index contributed by atoms with van der Waals surface area (Å²) in [6.07, 6.45) is 1.08. The molecule has 0 heterocycles. The lowest BCUT2D eigenvalue weighted by Gasteiger charge is -2.26. The molecule has 1 aromatic rings. The maximum atomic E-state index is 6.18. The Balaban J connectivity index is 2.75. The monoisotopic (exact) mass is 269 g/mol. The van der Waals surface area contributed by atoms with Crippen LogP contribution in [0.3, 0.4) is 0 Å². The Morgan fingerprint density at radius 1 is 1.33 bits per heavy atom. The Labute approximate surface area is 116 Å². The van der Waals surface area contributed by atoms with Gasteiger partial charge in [-0.1, -0.05) is 45.4 Å². The molecule has 1 N–H and O–H groups in total. The second-order valence-corrected chi connectivity index (χ2v) is 6.00. The fourth-order valence-electron chi connectivity index (χ4n) is 1.91. The van der Waals surface area contributed by atoms with Gasteiger partial charge in [0.1, 0.15) is 5.75 Å². The molecule has 0 saturated carbocycles. The maximum absolute atomic E-state index is 6.18. The lowest BCUT2D eigenvalue weighted by Crippen LogP contribution is -2.29. The van der Waals surface area contributed by atoms with Crippen LogP contribution in [0.5, 0.6) is 5.75 Å². The topological polar surface area (TPSA) is 21.3 Å². The van der Waals surface area contributed by atoms with E-state index in [1.54, 1.807) is 7.11 Å². The summed E-state index contributed by atoms with van der Waals surface area (Å²) in [5.74, 6) is 0.733. The van der Waals surface area contributed by atoms with Crippen molar-refractivity contribution >= 4 is 11.6 Å². The number of nitrogens with one attached hydrogen (secondary N) is 1. The van der Waals surface area contributed by atoms with E-state index in [-0.39, 0.29) is 5.41 Å². The van der Waals surface area contributed by atoms with Gasteiger partial charge in [-0.25, -0.2) is 0 Å². The Hall–Kier alpha value is -0.730. The minimum Gasteiger partial charge on any atom is -0.495 e. The summed E-state index contributed by atoms with van der Waals surface area (Å²) < 4.78 is 5.18.